The van der Waals surface area contributed by atoms with E-state index < -0.39 is 29.7 Å². The third-order valence-corrected chi connectivity index (χ3v) is 6.16. The zero-order valence-electron chi connectivity index (χ0n) is 22.8. The molecule has 217 valence electrons. The molecule has 5 heterocycles. The molecule has 1 radical (unpaired) electrons. The van der Waals surface area contributed by atoms with Crippen LogP contribution < -0.4 is 11.2 Å². The van der Waals surface area contributed by atoms with Gasteiger partial charge in [0.05, 0.1) is 25.4 Å². The van der Waals surface area contributed by atoms with Gasteiger partial charge in [-0.15, -0.1) is 5.10 Å². The summed E-state index contributed by atoms with van der Waals surface area (Å²) in [5.74, 6) is 0. The maximum absolute atomic E-state index is 13.3. The number of hydrogen-bond acceptors (Lipinski definition) is 11. The molecule has 0 aromatic carbocycles. The van der Waals surface area contributed by atoms with Crippen LogP contribution >= 0.6 is 0 Å². The Balaban J connectivity index is 0.000000877. The van der Waals surface area contributed by atoms with E-state index in [1.54, 1.807) is 24.0 Å². The molecule has 15 nitrogen and oxygen atoms in total. The number of aromatic nitrogens is 8. The average molecular weight is 635 g/mol. The molecule has 0 spiro atoms. The van der Waals surface area contributed by atoms with Crippen LogP contribution in [0.4, 0.5) is 0 Å². The van der Waals surface area contributed by atoms with Gasteiger partial charge in [0.1, 0.15) is 18.0 Å². The van der Waals surface area contributed by atoms with Crippen LogP contribution in [0, 0.1) is 13.8 Å². The molecular weight excluding hydrogens is 601 g/mol. The first-order valence-electron chi connectivity index (χ1n) is 12.4. The maximum Gasteiger partial charge on any atom is 0.333 e. The summed E-state index contributed by atoms with van der Waals surface area (Å²) >= 11 is 0. The van der Waals surface area contributed by atoms with E-state index in [1.165, 1.54) is 28.7 Å². The normalized spacial score (nSPS) is 21.8. The summed E-state index contributed by atoms with van der Waals surface area (Å²) in [5.41, 5.74) is 0.408. The van der Waals surface area contributed by atoms with Crippen molar-refractivity contribution < 1.29 is 57.2 Å². The Kier molecular flexibility index (Phi) is 13.5. The van der Waals surface area contributed by atoms with E-state index in [4.69, 9.17) is 19.4 Å². The van der Waals surface area contributed by atoms with Gasteiger partial charge in [-0.25, -0.2) is 16.4 Å². The van der Waals surface area contributed by atoms with Crippen LogP contribution in [0.2, 0.25) is 0 Å². The van der Waals surface area contributed by atoms with Gasteiger partial charge in [0.2, 0.25) is 0 Å². The van der Waals surface area contributed by atoms with E-state index in [1.807, 2.05) is 0 Å². The molecule has 0 saturated carbocycles. The molecule has 3 aromatic heterocycles. The van der Waals surface area contributed by atoms with Gasteiger partial charge in [-0.05, 0) is 26.2 Å². The Bertz CT molecular complexity index is 1330. The number of aryl methyl sites for hydroxylation is 1. The summed E-state index contributed by atoms with van der Waals surface area (Å²) in [6, 6.07) is 0. The molecule has 0 aliphatic carbocycles. The van der Waals surface area contributed by atoms with Crippen LogP contribution in [0.1, 0.15) is 62.0 Å². The van der Waals surface area contributed by atoms with Crippen LogP contribution in [0.5, 0.6) is 0 Å². The molecule has 2 N–H and O–H groups in total. The average Bonchev–Trinajstić information content (AvgIpc) is 3.67. The number of nitrogens with zero attached hydrogens (tertiary/aromatic N) is 8. The van der Waals surface area contributed by atoms with Gasteiger partial charge in [0, 0.05) is 64.6 Å². The van der Waals surface area contributed by atoms with Crippen LogP contribution in [0.3, 0.4) is 0 Å². The monoisotopic (exact) mass is 635 g/mol. The zero-order valence-corrected chi connectivity index (χ0v) is 25.6. The molecule has 2 aliphatic heterocycles. The largest absolute Gasteiger partial charge is 0.542 e. The predicted octanol–water partition coefficient (Wildman–Crippen LogP) is -0.498. The second-order valence-electron chi connectivity index (χ2n) is 8.97. The SMILES string of the molecule is CO.C[C-]=O.[CH2-]c1cn(C[C@H]2O[C@@H](n3cc(C)c(=O)n(Cc4cn([C@H]5CCCCO5)nn4)c3=O)CC2O)nn1.[Y]. The van der Waals surface area contributed by atoms with Gasteiger partial charge in [0.25, 0.3) is 5.56 Å². The van der Waals surface area contributed by atoms with Crippen molar-refractivity contribution in [3.8, 4) is 0 Å². The first kappa shape index (κ1) is 33.6. The minimum Gasteiger partial charge on any atom is -0.542 e. The van der Waals surface area contributed by atoms with Crippen LogP contribution in [0.15, 0.2) is 28.2 Å². The Morgan fingerprint density at radius 3 is 2.48 bits per heavy atom. The van der Waals surface area contributed by atoms with Crippen molar-refractivity contribution in [1.29, 1.82) is 0 Å². The van der Waals surface area contributed by atoms with Crippen LogP contribution in [0.25, 0.3) is 0 Å². The number of carbonyl (C=O) groups excluding carboxylic acids is 1. The molecule has 0 bridgehead atoms. The Morgan fingerprint density at radius 1 is 1.12 bits per heavy atom. The first-order chi connectivity index (χ1) is 18.8. The fourth-order valence-corrected chi connectivity index (χ4v) is 4.39. The molecule has 2 saturated heterocycles. The van der Waals surface area contributed by atoms with Crippen molar-refractivity contribution in [3.05, 3.63) is 63.3 Å². The van der Waals surface area contributed by atoms with E-state index in [2.05, 4.69) is 27.5 Å². The molecule has 2 fully saturated rings. The molecule has 5 rings (SSSR count). The van der Waals surface area contributed by atoms with E-state index >= 15 is 0 Å². The minimum absolute atomic E-state index is 0. The van der Waals surface area contributed by atoms with Crippen molar-refractivity contribution in [2.75, 3.05) is 13.7 Å². The molecule has 40 heavy (non-hydrogen) atoms. The Labute approximate surface area is 256 Å². The van der Waals surface area contributed by atoms with Gasteiger partial charge in [0.15, 0.2) is 6.23 Å². The number of ether oxygens (including phenoxy) is 2. The van der Waals surface area contributed by atoms with Crippen molar-refractivity contribution in [1.82, 2.24) is 39.1 Å². The van der Waals surface area contributed by atoms with E-state index in [9.17, 15) is 14.7 Å². The number of aliphatic hydroxyl groups excluding tert-OH is 2. The van der Waals surface area contributed by atoms with Gasteiger partial charge < -0.3 is 29.2 Å². The van der Waals surface area contributed by atoms with Crippen molar-refractivity contribution in [2.24, 2.45) is 0 Å². The maximum atomic E-state index is 13.3. The first-order valence-corrected chi connectivity index (χ1v) is 12.4. The van der Waals surface area contributed by atoms with Crippen LogP contribution in [-0.4, -0.2) is 81.5 Å². The molecule has 1 unspecified atom stereocenters. The summed E-state index contributed by atoms with van der Waals surface area (Å²) in [7, 11) is 1.00. The Morgan fingerprint density at radius 2 is 1.85 bits per heavy atom. The molecule has 2 aliphatic rings. The predicted molar refractivity (Wildman–Crippen MR) is 136 cm³/mol. The fourth-order valence-electron chi connectivity index (χ4n) is 4.39. The Hall–Kier alpha value is -2.56. The number of rotatable bonds is 6. The van der Waals surface area contributed by atoms with E-state index in [0.717, 1.165) is 30.9 Å². The zero-order chi connectivity index (χ0) is 28.5. The molecular formula is C24H34N8O7Y-2. The van der Waals surface area contributed by atoms with E-state index in [-0.39, 0.29) is 58.4 Å². The van der Waals surface area contributed by atoms with Crippen molar-refractivity contribution in [2.45, 2.75) is 77.3 Å². The smallest absolute Gasteiger partial charge is 0.333 e. The van der Waals surface area contributed by atoms with Crippen molar-refractivity contribution in [3.63, 3.8) is 0 Å². The third-order valence-electron chi connectivity index (χ3n) is 6.16. The van der Waals surface area contributed by atoms with Gasteiger partial charge in [-0.2, -0.15) is 12.0 Å². The summed E-state index contributed by atoms with van der Waals surface area (Å²) in [4.78, 5) is 34.7. The second kappa shape index (κ2) is 16.0. The number of hydrogen-bond donors (Lipinski definition) is 2. The minimum atomic E-state index is -0.814. The third kappa shape index (κ3) is 8.24. The topological polar surface area (TPSA) is 181 Å². The van der Waals surface area contributed by atoms with Gasteiger partial charge >= 0.3 is 5.69 Å². The second-order valence-corrected chi connectivity index (χ2v) is 8.97. The summed E-state index contributed by atoms with van der Waals surface area (Å²) < 4.78 is 17.3. The van der Waals surface area contributed by atoms with Crippen molar-refractivity contribution >= 4 is 6.29 Å². The van der Waals surface area contributed by atoms with Gasteiger partial charge in [-0.1, -0.05) is 22.3 Å². The fraction of sp³-hybridized carbons (Fsp3) is 0.583. The summed E-state index contributed by atoms with van der Waals surface area (Å²) in [6.07, 6.45) is 7.10. The molecule has 4 atom stereocenters. The quantitative estimate of drug-likeness (QED) is 0.334. The van der Waals surface area contributed by atoms with E-state index in [0.29, 0.717) is 23.6 Å². The van der Waals surface area contributed by atoms with Crippen LogP contribution in [-0.2, 0) is 60.1 Å². The molecule has 3 aromatic rings. The molecule has 16 heteroatoms. The molecule has 0 amide bonds. The standard InChI is InChI=1S/C21H27N8O5.C2H3O.CH4O.Y/c1-13-8-27(19-7-16(30)17(34-19)12-26-9-14(2)22-24-26)21(32)28(20(13)31)10-15-11-29(25-23-15)18-5-3-4-6-33-18;1-2-3;1-2;/h8-9,11,16-19,30H,2-7,10,12H2,1H3;1H3;2H,1H3;/q2*-1;;/t16?,17-,18-,19-;;;/m1.../s1. The summed E-state index contributed by atoms with van der Waals surface area (Å²) in [6.45, 7) is 7.56. The number of aliphatic hydroxyl groups is 2. The summed E-state index contributed by atoms with van der Waals surface area (Å²) in [5, 5.41) is 33.5. The van der Waals surface area contributed by atoms with Gasteiger partial charge in [-0.3, -0.25) is 20.2 Å².